The van der Waals surface area contributed by atoms with E-state index in [0.717, 1.165) is 12.5 Å². The second kappa shape index (κ2) is 9.95. The van der Waals surface area contributed by atoms with Gasteiger partial charge in [-0.2, -0.15) is 0 Å². The zero-order valence-electron chi connectivity index (χ0n) is 18.5. The van der Waals surface area contributed by atoms with Crippen molar-refractivity contribution < 1.29 is 21.8 Å². The van der Waals surface area contributed by atoms with Gasteiger partial charge in [-0.3, -0.25) is 0 Å². The Morgan fingerprint density at radius 2 is 1.30 bits per heavy atom. The van der Waals surface area contributed by atoms with Crippen molar-refractivity contribution in [2.24, 2.45) is 10.4 Å². The summed E-state index contributed by atoms with van der Waals surface area (Å²) in [6, 6.07) is 0.291. The molecule has 3 aliphatic rings. The van der Waals surface area contributed by atoms with E-state index in [4.69, 9.17) is 9.73 Å². The van der Waals surface area contributed by atoms with Crippen molar-refractivity contribution >= 4 is 14.5 Å². The van der Waals surface area contributed by atoms with Crippen LogP contribution in [0.2, 0.25) is 0 Å². The summed E-state index contributed by atoms with van der Waals surface area (Å²) >= 11 is 0. The Labute approximate surface area is 181 Å². The summed E-state index contributed by atoms with van der Waals surface area (Å²) in [5.41, 5.74) is 1.44. The zero-order valence-corrected chi connectivity index (χ0v) is 20.5. The normalized spacial score (nSPS) is 29.0. The molecule has 1 atom stereocenters. The van der Waals surface area contributed by atoms with Gasteiger partial charge in [0.1, 0.15) is 6.61 Å². The minimum absolute atomic E-state index is 0. The summed E-state index contributed by atoms with van der Waals surface area (Å²) in [4.78, 5) is 4.72. The van der Waals surface area contributed by atoms with Crippen molar-refractivity contribution in [2.45, 2.75) is 75.3 Å². The van der Waals surface area contributed by atoms with Crippen molar-refractivity contribution in [3.05, 3.63) is 53.2 Å². The van der Waals surface area contributed by atoms with E-state index in [9.17, 15) is 0 Å². The number of hydrogen-bond donors (Lipinski definition) is 0. The quantitative estimate of drug-likeness (QED) is 0.340. The molecule has 2 fully saturated rings. The van der Waals surface area contributed by atoms with Crippen molar-refractivity contribution in [1.82, 2.24) is 0 Å². The van der Waals surface area contributed by atoms with Gasteiger partial charge in [-0.25, -0.2) is 4.99 Å². The SMILES string of the molecule is C[C]1[CH][P][C](C2=N[C@@H](C(C)(C)C)CO2)[C]1C.C[C]1[C](C)[C](C)[C](C)[C]1C.[Fe+2]. The van der Waals surface area contributed by atoms with Crippen LogP contribution in [0.15, 0.2) is 4.99 Å². The Morgan fingerprint density at radius 1 is 0.852 bits per heavy atom. The van der Waals surface area contributed by atoms with Crippen LogP contribution in [0.1, 0.15) is 69.2 Å². The van der Waals surface area contributed by atoms with E-state index in [0.29, 0.717) is 6.04 Å². The van der Waals surface area contributed by atoms with Gasteiger partial charge in [-0.1, -0.05) is 77.8 Å². The molecule has 4 heteroatoms. The molecule has 10 radical (unpaired) electrons. The van der Waals surface area contributed by atoms with Crippen molar-refractivity contribution in [3.63, 3.8) is 0 Å². The minimum atomic E-state index is 0. The third-order valence-electron chi connectivity index (χ3n) is 6.00. The van der Waals surface area contributed by atoms with Crippen LogP contribution in [0.25, 0.3) is 0 Å². The molecule has 1 saturated heterocycles. The summed E-state index contributed by atoms with van der Waals surface area (Å²) in [5.74, 6) is 10.9. The molecule has 0 aromatic rings. The summed E-state index contributed by atoms with van der Waals surface area (Å²) in [6.07, 6.45) is 2.22. The van der Waals surface area contributed by atoms with E-state index in [-0.39, 0.29) is 22.5 Å². The Balaban J connectivity index is 0.000000288. The van der Waals surface area contributed by atoms with Gasteiger partial charge in [0, 0.05) is 5.92 Å². The molecule has 1 saturated carbocycles. The smallest absolute Gasteiger partial charge is 0.478 e. The van der Waals surface area contributed by atoms with Crippen LogP contribution in [0.3, 0.4) is 0 Å². The molecular formula is C23H34FeNOP+2. The van der Waals surface area contributed by atoms with Gasteiger partial charge in [-0.15, -0.1) is 0 Å². The number of ether oxygens (including phenoxy) is 1. The first-order valence-electron chi connectivity index (χ1n) is 9.44. The van der Waals surface area contributed by atoms with Crippen molar-refractivity contribution in [1.29, 1.82) is 0 Å². The molecule has 148 valence electrons. The van der Waals surface area contributed by atoms with Gasteiger partial charge >= 0.3 is 17.1 Å². The molecule has 27 heavy (non-hydrogen) atoms. The first-order valence-corrected chi connectivity index (χ1v) is 10.4. The van der Waals surface area contributed by atoms with E-state index in [2.05, 4.69) is 75.4 Å². The summed E-state index contributed by atoms with van der Waals surface area (Å²) in [5, 5.41) is 0. The Bertz CT molecular complexity index is 458. The monoisotopic (exact) mass is 427 g/mol. The predicted octanol–water partition coefficient (Wildman–Crippen LogP) is 6.64. The molecule has 1 aliphatic carbocycles. The van der Waals surface area contributed by atoms with Crippen LogP contribution in [0.5, 0.6) is 0 Å². The van der Waals surface area contributed by atoms with Gasteiger partial charge < -0.3 is 4.74 Å². The van der Waals surface area contributed by atoms with E-state index < -0.39 is 0 Å². The predicted molar refractivity (Wildman–Crippen MR) is 114 cm³/mol. The fourth-order valence-electron chi connectivity index (χ4n) is 3.11. The molecule has 0 aromatic carbocycles. The van der Waals surface area contributed by atoms with Gasteiger partial charge in [0.25, 0.3) is 0 Å². The van der Waals surface area contributed by atoms with Crippen molar-refractivity contribution in [3.8, 4) is 0 Å². The third-order valence-corrected chi connectivity index (χ3v) is 7.30. The van der Waals surface area contributed by atoms with E-state index in [1.165, 1.54) is 55.7 Å². The molecule has 2 heterocycles. The van der Waals surface area contributed by atoms with Crippen LogP contribution in [0.4, 0.5) is 0 Å². The standard InChI is InChI=1S/C13H19NOP.C10H15.Fe/c1-8-7-16-11(9(8)2)12-14-10(6-15-12)13(3,4)5;1-6-7(2)9(4)10(5)8(6)3;/h7,10H,6H2,1-5H3;1-5H3;/q;;+2/t10-;;/m1../s1. The summed E-state index contributed by atoms with van der Waals surface area (Å²) in [7, 11) is 1.23. The van der Waals surface area contributed by atoms with E-state index in [1.54, 1.807) is 0 Å². The fourth-order valence-corrected chi connectivity index (χ4v) is 4.23. The van der Waals surface area contributed by atoms with Crippen LogP contribution in [0, 0.1) is 58.7 Å². The number of hydrogen-bond acceptors (Lipinski definition) is 2. The van der Waals surface area contributed by atoms with Gasteiger partial charge in [0.2, 0.25) is 0 Å². The molecule has 0 N–H and O–H groups in total. The maximum absolute atomic E-state index is 5.75. The third kappa shape index (κ3) is 5.73. The van der Waals surface area contributed by atoms with Crippen LogP contribution in [-0.2, 0) is 21.8 Å². The van der Waals surface area contributed by atoms with Gasteiger partial charge in [0.05, 0.1) is 11.7 Å². The molecule has 0 bridgehead atoms. The van der Waals surface area contributed by atoms with Gasteiger partial charge in [-0.05, 0) is 47.1 Å². The average Bonchev–Trinajstić information content (AvgIpc) is 3.23. The Hall–Kier alpha value is 0.419. The molecule has 2 aliphatic heterocycles. The molecular weight excluding hydrogens is 393 g/mol. The van der Waals surface area contributed by atoms with Crippen LogP contribution in [-0.4, -0.2) is 18.5 Å². The Morgan fingerprint density at radius 3 is 1.59 bits per heavy atom. The second-order valence-corrected chi connectivity index (χ2v) is 9.63. The molecule has 2 nitrogen and oxygen atoms in total. The average molecular weight is 427 g/mol. The summed E-state index contributed by atoms with van der Waals surface area (Å²) in [6.45, 7) is 22.7. The van der Waals surface area contributed by atoms with Gasteiger partial charge in [0.15, 0.2) is 5.90 Å². The first kappa shape index (κ1) is 25.5. The fraction of sp³-hybridized carbons (Fsp3) is 0.565. The number of aliphatic imine (C=N–C) groups is 1. The van der Waals surface area contributed by atoms with E-state index in [1.807, 2.05) is 0 Å². The Kier molecular flexibility index (Phi) is 9.38. The molecule has 0 aromatic heterocycles. The zero-order chi connectivity index (χ0) is 19.8. The van der Waals surface area contributed by atoms with Crippen molar-refractivity contribution in [2.75, 3.05) is 6.61 Å². The molecule has 0 amide bonds. The molecule has 0 spiro atoms. The molecule has 3 rings (SSSR count). The maximum atomic E-state index is 5.75. The maximum Gasteiger partial charge on any atom is 2.00 e. The van der Waals surface area contributed by atoms with Crippen LogP contribution < -0.4 is 0 Å². The first-order chi connectivity index (χ1) is 11.9. The topological polar surface area (TPSA) is 21.6 Å². The molecule has 0 unspecified atom stereocenters. The largest absolute Gasteiger partial charge is 2.00 e. The summed E-state index contributed by atoms with van der Waals surface area (Å²) < 4.78 is 5.75. The minimum Gasteiger partial charge on any atom is -0.478 e. The van der Waals surface area contributed by atoms with Crippen LogP contribution >= 0.6 is 8.58 Å². The number of rotatable bonds is 1. The second-order valence-electron chi connectivity index (χ2n) is 8.67. The number of nitrogens with zero attached hydrogens (tertiary/aromatic N) is 1. The van der Waals surface area contributed by atoms with E-state index >= 15 is 0 Å².